The van der Waals surface area contributed by atoms with Crippen LogP contribution in [0.15, 0.2) is 66.8 Å². The van der Waals surface area contributed by atoms with Crippen LogP contribution in [-0.2, 0) is 48.1 Å². The molecule has 0 spiro atoms. The number of rotatable bonds is 9. The molecule has 5 heterocycles. The van der Waals surface area contributed by atoms with Gasteiger partial charge in [0.05, 0.1) is 44.2 Å². The van der Waals surface area contributed by atoms with Crippen LogP contribution in [0.25, 0.3) is 0 Å². The molecule has 0 unspecified atom stereocenters. The zero-order valence-corrected chi connectivity index (χ0v) is 34.8. The largest absolute Gasteiger partial charge is 0.414 e. The van der Waals surface area contributed by atoms with Crippen molar-refractivity contribution in [3.05, 3.63) is 72.4 Å². The Labute approximate surface area is 318 Å². The molecule has 0 bridgehead atoms. The molecule has 0 aliphatic carbocycles. The molecule has 1 aromatic rings. The first-order valence-electron chi connectivity index (χ1n) is 19.8. The number of hydrogen-bond donors (Lipinski definition) is 1. The van der Waals surface area contributed by atoms with E-state index in [-0.39, 0.29) is 46.6 Å². The lowest BCUT2D eigenvalue weighted by molar-refractivity contribution is -0.251. The monoisotopic (exact) mass is 770 g/mol. The van der Waals surface area contributed by atoms with Crippen LogP contribution in [0.4, 0.5) is 0 Å². The second kappa shape index (κ2) is 17.5. The molecular formula is C41H62O10Si2. The van der Waals surface area contributed by atoms with E-state index in [1.54, 1.807) is 6.08 Å². The summed E-state index contributed by atoms with van der Waals surface area (Å²) < 4.78 is 54.2. The molecule has 0 radical (unpaired) electrons. The second-order valence-electron chi connectivity index (χ2n) is 16.5. The second-order valence-corrected chi connectivity index (χ2v) is 25.3. The average Bonchev–Trinajstić information content (AvgIpc) is 3.42. The average molecular weight is 771 g/mol. The van der Waals surface area contributed by atoms with Crippen LogP contribution in [0.3, 0.4) is 0 Å². The number of carbonyl (C=O) groups excluding carboxylic acids is 1. The van der Waals surface area contributed by atoms with E-state index >= 15 is 0 Å². The van der Waals surface area contributed by atoms with Crippen molar-refractivity contribution in [2.45, 2.75) is 164 Å². The lowest BCUT2D eigenvalue weighted by Gasteiger charge is -2.52. The van der Waals surface area contributed by atoms with E-state index in [2.05, 4.69) is 67.5 Å². The first-order valence-corrected chi connectivity index (χ1v) is 23.8. The smallest absolute Gasteiger partial charge is 0.335 e. The lowest BCUT2D eigenvalue weighted by Crippen LogP contribution is -2.65. The zero-order valence-electron chi connectivity index (χ0n) is 32.8. The molecule has 10 atom stereocenters. The number of aliphatic hydroxyl groups is 1. The van der Waals surface area contributed by atoms with Gasteiger partial charge in [-0.3, -0.25) is 4.79 Å². The fourth-order valence-corrected chi connectivity index (χ4v) is 19.8. The number of fused-ring (bicyclic) bond motifs is 3. The van der Waals surface area contributed by atoms with Gasteiger partial charge in [-0.2, -0.15) is 0 Å². The SMILES string of the molecule is CC(C)[Si]1(C(C)C)OC[C@H]2O[C@H]3C=CC(=O)[C@H](C[C@H]4O[C@H]5CC=CCO[C@@H]5[C@@H](OCc5ccccc5)[C@@H]4O)O[C@@H]3C/C=C\[C@@H]2O[Si](C(C)C)(C(C)C)O1. The Balaban J connectivity index is 1.22. The summed E-state index contributed by atoms with van der Waals surface area (Å²) in [7, 11) is -5.61. The van der Waals surface area contributed by atoms with Gasteiger partial charge in [-0.05, 0) is 52.7 Å². The van der Waals surface area contributed by atoms with E-state index in [9.17, 15) is 9.90 Å². The minimum Gasteiger partial charge on any atom is -0.414 e. The minimum atomic E-state index is -2.84. The van der Waals surface area contributed by atoms with Gasteiger partial charge in [-0.25, -0.2) is 0 Å². The number of ketones is 1. The molecule has 5 aliphatic rings. The van der Waals surface area contributed by atoms with E-state index < -0.39 is 66.0 Å². The van der Waals surface area contributed by atoms with Gasteiger partial charge in [0.25, 0.3) is 0 Å². The quantitative estimate of drug-likeness (QED) is 0.208. The number of carbonyl (C=O) groups is 1. The summed E-state index contributed by atoms with van der Waals surface area (Å²) in [4.78, 5) is 13.7. The van der Waals surface area contributed by atoms with Crippen molar-refractivity contribution >= 4 is 22.9 Å². The molecule has 6 rings (SSSR count). The predicted molar refractivity (Wildman–Crippen MR) is 207 cm³/mol. The topological polar surface area (TPSA) is 111 Å². The first-order chi connectivity index (χ1) is 25.3. The molecule has 0 saturated carbocycles. The predicted octanol–water partition coefficient (Wildman–Crippen LogP) is 7.00. The van der Waals surface area contributed by atoms with Crippen molar-refractivity contribution in [1.82, 2.24) is 0 Å². The summed E-state index contributed by atoms with van der Waals surface area (Å²) in [5, 5.41) is 11.8. The minimum absolute atomic E-state index is 0.165. The Morgan fingerprint density at radius 1 is 0.792 bits per heavy atom. The number of ether oxygens (including phenoxy) is 5. The highest BCUT2D eigenvalue weighted by molar-refractivity contribution is 6.84. The highest BCUT2D eigenvalue weighted by atomic mass is 28.5. The summed E-state index contributed by atoms with van der Waals surface area (Å²) in [6.07, 6.45) is 7.11. The van der Waals surface area contributed by atoms with E-state index in [0.717, 1.165) is 5.56 Å². The lowest BCUT2D eigenvalue weighted by atomic mass is 9.90. The van der Waals surface area contributed by atoms with E-state index in [0.29, 0.717) is 32.7 Å². The summed E-state index contributed by atoms with van der Waals surface area (Å²) in [6, 6.07) is 9.87. The molecule has 12 heteroatoms. The molecule has 0 aromatic heterocycles. The van der Waals surface area contributed by atoms with Crippen LogP contribution in [0.2, 0.25) is 22.2 Å². The van der Waals surface area contributed by atoms with Crippen LogP contribution in [0.1, 0.15) is 80.2 Å². The maximum absolute atomic E-state index is 13.7. The molecule has 0 amide bonds. The van der Waals surface area contributed by atoms with Gasteiger partial charge >= 0.3 is 17.1 Å². The number of aliphatic hydroxyl groups excluding tert-OH is 1. The fraction of sp³-hybridized carbons (Fsp3) is 0.683. The summed E-state index contributed by atoms with van der Waals surface area (Å²) in [5.41, 5.74) is 1.80. The molecule has 2 saturated heterocycles. The third kappa shape index (κ3) is 8.78. The molecule has 5 aliphatic heterocycles. The van der Waals surface area contributed by atoms with Gasteiger partial charge in [0.15, 0.2) is 5.78 Å². The Morgan fingerprint density at radius 3 is 2.19 bits per heavy atom. The van der Waals surface area contributed by atoms with Gasteiger partial charge in [0.1, 0.15) is 36.6 Å². The van der Waals surface area contributed by atoms with Gasteiger partial charge in [-0.15, -0.1) is 0 Å². The first kappa shape index (κ1) is 40.8. The van der Waals surface area contributed by atoms with Crippen LogP contribution >= 0.6 is 0 Å². The van der Waals surface area contributed by atoms with Crippen molar-refractivity contribution in [2.24, 2.45) is 0 Å². The third-order valence-electron chi connectivity index (χ3n) is 11.6. The van der Waals surface area contributed by atoms with Gasteiger partial charge in [-0.1, -0.05) is 110 Å². The fourth-order valence-electron chi connectivity index (χ4n) is 8.63. The van der Waals surface area contributed by atoms with Crippen molar-refractivity contribution in [3.63, 3.8) is 0 Å². The molecule has 2 fully saturated rings. The van der Waals surface area contributed by atoms with Gasteiger partial charge < -0.3 is 41.8 Å². The maximum atomic E-state index is 13.7. The van der Waals surface area contributed by atoms with Gasteiger partial charge in [0.2, 0.25) is 0 Å². The van der Waals surface area contributed by atoms with E-state index in [1.165, 1.54) is 0 Å². The van der Waals surface area contributed by atoms with Crippen LogP contribution in [-0.4, -0.2) is 102 Å². The molecular weight excluding hydrogens is 709 g/mol. The number of hydrogen-bond acceptors (Lipinski definition) is 10. The Kier molecular flexibility index (Phi) is 13.5. The molecule has 1 aromatic carbocycles. The Bertz CT molecular complexity index is 1430. The highest BCUT2D eigenvalue weighted by Crippen LogP contribution is 2.47. The standard InChI is InChI=1S/C41H62O10Si2/c1-26(2)52(27(3)4)46-25-38-34(50-53(51-52,28(5)6)29(7)8)19-14-18-32-33(48-38)21-20-31(42)36(47-32)23-37-39(43)41(45-24-30-15-10-9-11-16-30)40-35(49-37)17-12-13-22-44-40/h9-16,19-21,26-29,32-41,43H,17-18,22-25H2,1-8H3/b19-14-/t32-,33+,34+,35+,36+,37-,38-,39-,40+,41+/m1/s1. The van der Waals surface area contributed by atoms with Crippen LogP contribution in [0, 0.1) is 0 Å². The van der Waals surface area contributed by atoms with Crippen LogP contribution < -0.4 is 0 Å². The van der Waals surface area contributed by atoms with Crippen molar-refractivity contribution in [3.8, 4) is 0 Å². The van der Waals surface area contributed by atoms with E-state index in [4.69, 9.17) is 36.7 Å². The zero-order chi connectivity index (χ0) is 37.9. The maximum Gasteiger partial charge on any atom is 0.335 e. The van der Waals surface area contributed by atoms with E-state index in [1.807, 2.05) is 48.6 Å². The highest BCUT2D eigenvalue weighted by Gasteiger charge is 2.59. The Morgan fingerprint density at radius 2 is 1.49 bits per heavy atom. The number of benzene rings is 1. The molecule has 1 N–H and O–H groups in total. The summed E-state index contributed by atoms with van der Waals surface area (Å²) in [5.74, 6) is -0.187. The third-order valence-corrected chi connectivity index (χ3v) is 21.9. The summed E-state index contributed by atoms with van der Waals surface area (Å²) in [6.45, 7) is 18.7. The van der Waals surface area contributed by atoms with Gasteiger partial charge in [0, 0.05) is 6.42 Å². The molecule has 294 valence electrons. The molecule has 53 heavy (non-hydrogen) atoms. The van der Waals surface area contributed by atoms with Crippen LogP contribution in [0.5, 0.6) is 0 Å². The Hall–Kier alpha value is -1.82. The van der Waals surface area contributed by atoms with Crippen molar-refractivity contribution in [2.75, 3.05) is 13.2 Å². The summed E-state index contributed by atoms with van der Waals surface area (Å²) >= 11 is 0. The normalized spacial score (nSPS) is 36.4. The van der Waals surface area contributed by atoms with Crippen molar-refractivity contribution in [1.29, 1.82) is 0 Å². The van der Waals surface area contributed by atoms with Crippen molar-refractivity contribution < 1.29 is 46.6 Å². The molecule has 10 nitrogen and oxygen atoms in total.